The maximum atomic E-state index is 13.3. The van der Waals surface area contributed by atoms with E-state index in [1.165, 1.54) is 5.56 Å². The normalized spacial score (nSPS) is 23.6. The van der Waals surface area contributed by atoms with Crippen LogP contribution < -0.4 is 15.5 Å². The van der Waals surface area contributed by atoms with Crippen LogP contribution in [-0.4, -0.2) is 38.1 Å². The van der Waals surface area contributed by atoms with Gasteiger partial charge in [-0.25, -0.2) is 0 Å². The molecule has 0 unspecified atom stereocenters. The van der Waals surface area contributed by atoms with Crippen molar-refractivity contribution in [3.05, 3.63) is 72.1 Å². The van der Waals surface area contributed by atoms with Crippen molar-refractivity contribution in [3.63, 3.8) is 0 Å². The first-order valence-electron chi connectivity index (χ1n) is 10.8. The standard InChI is InChI=1S/C25H29N4O.Lr/c1-2-25(20-6-4-3-5-7-20)18-27-17-23(25)24(30)28-21-12-14-29(15-13-21)22-10-8-19(16-26)9-11-22;/h2-11,21,23,27H,12-15,17-18H2,1H3,(H,28,30);/q-1;/t23-,25-;/m0./s1. The van der Waals surface area contributed by atoms with Gasteiger partial charge in [0.25, 0.3) is 0 Å². The number of hydrogen-bond acceptors (Lipinski definition) is 4. The van der Waals surface area contributed by atoms with E-state index in [1.807, 2.05) is 42.5 Å². The third kappa shape index (κ3) is 4.22. The van der Waals surface area contributed by atoms with Crippen LogP contribution in [0.4, 0.5) is 5.69 Å². The second-order valence-electron chi connectivity index (χ2n) is 8.31. The summed E-state index contributed by atoms with van der Waals surface area (Å²) >= 11 is 0. The fourth-order valence-corrected chi connectivity index (χ4v) is 4.91. The molecule has 31 heavy (non-hydrogen) atoms. The molecule has 2 heterocycles. The summed E-state index contributed by atoms with van der Waals surface area (Å²) < 4.78 is 0. The molecular weight excluding hydrogens is 634 g/mol. The molecule has 0 bridgehead atoms. The molecule has 2 aliphatic rings. The molecule has 2 aliphatic heterocycles. The van der Waals surface area contributed by atoms with E-state index in [0.717, 1.165) is 38.2 Å². The molecule has 2 fully saturated rings. The van der Waals surface area contributed by atoms with Crippen LogP contribution in [0.5, 0.6) is 0 Å². The van der Waals surface area contributed by atoms with Gasteiger partial charge in [0.05, 0.1) is 11.6 Å². The van der Waals surface area contributed by atoms with Crippen LogP contribution in [-0.2, 0) is 10.2 Å². The first kappa shape index (κ1) is 21.9. The topological polar surface area (TPSA) is 68.2 Å². The summed E-state index contributed by atoms with van der Waals surface area (Å²) in [7, 11) is 0. The Hall–Kier alpha value is -3.84. The van der Waals surface area contributed by atoms with E-state index in [-0.39, 0.29) is 23.3 Å². The minimum Gasteiger partial charge on any atom is -0.371 e. The Balaban J connectivity index is 0.00000272. The number of anilines is 1. The van der Waals surface area contributed by atoms with Crippen molar-refractivity contribution >= 4 is 11.6 Å². The molecule has 5 nitrogen and oxygen atoms in total. The zero-order valence-corrected chi connectivity index (χ0v) is 19.9. The number of nitriles is 1. The Morgan fingerprint density at radius 3 is 2.45 bits per heavy atom. The molecule has 6 heteroatoms. The van der Waals surface area contributed by atoms with E-state index < -0.39 is 0 Å². The van der Waals surface area contributed by atoms with Crippen molar-refractivity contribution in [1.29, 1.82) is 5.26 Å². The Labute approximate surface area is 179 Å². The molecule has 171 valence electrons. The molecule has 1 radical (unpaired) electrons. The summed E-state index contributed by atoms with van der Waals surface area (Å²) in [5.41, 5.74) is 2.77. The summed E-state index contributed by atoms with van der Waals surface area (Å²) in [6.07, 6.45) is 4.06. The molecule has 1 amide bonds. The van der Waals surface area contributed by atoms with Crippen molar-refractivity contribution in [2.24, 2.45) is 5.92 Å². The van der Waals surface area contributed by atoms with Gasteiger partial charge < -0.3 is 22.0 Å². The fraction of sp³-hybridized carbons (Fsp3) is 0.400. The van der Waals surface area contributed by atoms with E-state index >= 15 is 0 Å². The van der Waals surface area contributed by atoms with Crippen LogP contribution in [0.15, 0.2) is 54.6 Å². The number of rotatable bonds is 5. The number of hydrogen-bond donors (Lipinski definition) is 2. The van der Waals surface area contributed by atoms with Crippen molar-refractivity contribution in [3.8, 4) is 6.07 Å². The number of piperidine rings is 1. The molecule has 2 saturated heterocycles. The summed E-state index contributed by atoms with van der Waals surface area (Å²) in [4.78, 5) is 15.6. The van der Waals surface area contributed by atoms with E-state index in [4.69, 9.17) is 5.26 Å². The molecule has 0 aromatic heterocycles. The summed E-state index contributed by atoms with van der Waals surface area (Å²) in [6.45, 7) is 5.38. The summed E-state index contributed by atoms with van der Waals surface area (Å²) in [6, 6.07) is 20.5. The molecule has 0 aliphatic carbocycles. The molecule has 0 saturated carbocycles. The van der Waals surface area contributed by atoms with Crippen molar-refractivity contribution in [2.45, 2.75) is 31.2 Å². The Morgan fingerprint density at radius 2 is 1.84 bits per heavy atom. The van der Waals surface area contributed by atoms with Gasteiger partial charge in [-0.2, -0.15) is 12.2 Å². The number of benzene rings is 2. The number of nitrogens with one attached hydrogen (secondary N) is 2. The zero-order valence-electron chi connectivity index (χ0n) is 17.7. The van der Waals surface area contributed by atoms with Gasteiger partial charge in [-0.3, -0.25) is 4.79 Å². The van der Waals surface area contributed by atoms with Crippen LogP contribution in [0.2, 0.25) is 0 Å². The van der Waals surface area contributed by atoms with Crippen molar-refractivity contribution < 1.29 is 4.79 Å². The van der Waals surface area contributed by atoms with Crippen molar-refractivity contribution in [2.75, 3.05) is 31.1 Å². The van der Waals surface area contributed by atoms with E-state index in [2.05, 4.69) is 47.1 Å². The maximum absolute atomic E-state index is 13.3. The number of carbonyl (C=O) groups excluding carboxylic acids is 1. The molecule has 2 aromatic rings. The predicted molar refractivity (Wildman–Crippen MR) is 119 cm³/mol. The molecule has 2 N–H and O–H groups in total. The largest absolute Gasteiger partial charge is 0.371 e. The average molecular weight is 664 g/mol. The Bertz CT molecular complexity index is 903. The van der Waals surface area contributed by atoms with E-state index in [0.29, 0.717) is 12.1 Å². The van der Waals surface area contributed by atoms with Gasteiger partial charge in [-0.1, -0.05) is 35.9 Å². The third-order valence-corrected chi connectivity index (χ3v) is 6.73. The number of carbonyl (C=O) groups is 1. The van der Waals surface area contributed by atoms with E-state index in [1.54, 1.807) is 0 Å². The van der Waals surface area contributed by atoms with Crippen LogP contribution in [0, 0.1) is 23.7 Å². The monoisotopic (exact) mass is 663 g/mol. The average Bonchev–Trinajstić information content (AvgIpc) is 3.26. The van der Waals surface area contributed by atoms with Crippen LogP contribution in [0.1, 0.15) is 30.9 Å². The van der Waals surface area contributed by atoms with Gasteiger partial charge in [-0.05, 0) is 43.7 Å². The minimum absolute atomic E-state index is 0. The quantitative estimate of drug-likeness (QED) is 0.484. The van der Waals surface area contributed by atoms with Gasteiger partial charge in [0, 0.05) is 37.3 Å². The smallest absolute Gasteiger partial charge is 0.222 e. The second-order valence-corrected chi connectivity index (χ2v) is 8.31. The predicted octanol–water partition coefficient (Wildman–Crippen LogP) is 3.02. The number of amides is 1. The van der Waals surface area contributed by atoms with Gasteiger partial charge in [0.1, 0.15) is 0 Å². The SMILES string of the molecule is C[CH-][C@@]1(c2ccccc2)CNC[C@H]1C(=O)NC1CCN(c2ccc(C#N)cc2)CC1.[Lr]. The summed E-state index contributed by atoms with van der Waals surface area (Å²) in [5, 5.41) is 15.8. The van der Waals surface area contributed by atoms with Gasteiger partial charge in [0.15, 0.2) is 0 Å². The van der Waals surface area contributed by atoms with Gasteiger partial charge in [0.2, 0.25) is 5.91 Å². The minimum atomic E-state index is -0.255. The maximum Gasteiger partial charge on any atom is 0.222 e. The molecule has 2 aromatic carbocycles. The van der Waals surface area contributed by atoms with Gasteiger partial charge in [-0.15, -0.1) is 5.41 Å². The first-order chi connectivity index (χ1) is 14.7. The summed E-state index contributed by atoms with van der Waals surface area (Å²) in [5.74, 6) is 0.0558. The number of nitrogens with zero attached hydrogens (tertiary/aromatic N) is 2. The second kappa shape index (κ2) is 9.32. The van der Waals surface area contributed by atoms with Crippen LogP contribution in [0.25, 0.3) is 0 Å². The van der Waals surface area contributed by atoms with Gasteiger partial charge >= 0.3 is 0 Å². The van der Waals surface area contributed by atoms with E-state index in [9.17, 15) is 4.79 Å². The molecule has 4 rings (SSSR count). The van der Waals surface area contributed by atoms with Crippen LogP contribution >= 0.6 is 0 Å². The Kier molecular flexibility index (Phi) is 6.57. The zero-order chi connectivity index (χ0) is 21.0. The molecule has 2 atom stereocenters. The third-order valence-electron chi connectivity index (χ3n) is 6.73. The molecule has 0 spiro atoms. The Morgan fingerprint density at radius 1 is 1.16 bits per heavy atom. The first-order valence-corrected chi connectivity index (χ1v) is 10.8. The molecular formula is C25H29LrN4O-. The fourth-order valence-electron chi connectivity index (χ4n) is 4.91. The van der Waals surface area contributed by atoms with Crippen LogP contribution in [0.3, 0.4) is 0 Å². The van der Waals surface area contributed by atoms with Crippen molar-refractivity contribution in [1.82, 2.24) is 10.6 Å².